The number of nitro groups is 1. The Morgan fingerprint density at radius 1 is 1.67 bits per heavy atom. The minimum Gasteiger partial charge on any atom is -0.347 e. The Hall–Kier alpha value is -1.87. The first-order valence-corrected chi connectivity index (χ1v) is 5.95. The summed E-state index contributed by atoms with van der Waals surface area (Å²) in [6.07, 6.45) is 3.67. The highest BCUT2D eigenvalue weighted by Crippen LogP contribution is 2.36. The molecule has 0 aliphatic heterocycles. The van der Waals surface area contributed by atoms with Gasteiger partial charge in [-0.15, -0.1) is 0 Å². The SMILES string of the molecule is N#CCCN(c1ncc(Cl)cc1[N+](=O)[O-])C1CC1. The van der Waals surface area contributed by atoms with Crippen LogP contribution in [0, 0.1) is 21.4 Å². The third kappa shape index (κ3) is 2.68. The van der Waals surface area contributed by atoms with Crippen molar-refractivity contribution in [2.75, 3.05) is 11.4 Å². The average molecular weight is 267 g/mol. The quantitative estimate of drug-likeness (QED) is 0.604. The number of nitrogens with zero attached hydrogens (tertiary/aromatic N) is 4. The van der Waals surface area contributed by atoms with Crippen LogP contribution in [0.15, 0.2) is 12.3 Å². The van der Waals surface area contributed by atoms with E-state index in [9.17, 15) is 10.1 Å². The van der Waals surface area contributed by atoms with Gasteiger partial charge in [0.25, 0.3) is 0 Å². The van der Waals surface area contributed by atoms with Gasteiger partial charge in [0.15, 0.2) is 0 Å². The van der Waals surface area contributed by atoms with E-state index in [0.717, 1.165) is 12.8 Å². The van der Waals surface area contributed by atoms with E-state index >= 15 is 0 Å². The highest BCUT2D eigenvalue weighted by molar-refractivity contribution is 6.30. The summed E-state index contributed by atoms with van der Waals surface area (Å²) in [5.41, 5.74) is -0.104. The van der Waals surface area contributed by atoms with Crippen LogP contribution in [0.3, 0.4) is 0 Å². The van der Waals surface area contributed by atoms with E-state index in [0.29, 0.717) is 18.8 Å². The number of pyridine rings is 1. The lowest BCUT2D eigenvalue weighted by Crippen LogP contribution is -2.28. The molecule has 0 radical (unpaired) electrons. The van der Waals surface area contributed by atoms with Crippen molar-refractivity contribution in [2.45, 2.75) is 25.3 Å². The van der Waals surface area contributed by atoms with Crippen LogP contribution in [0.5, 0.6) is 0 Å². The first-order valence-electron chi connectivity index (χ1n) is 5.57. The summed E-state index contributed by atoms with van der Waals surface area (Å²) >= 11 is 5.73. The Labute approximate surface area is 109 Å². The number of halogens is 1. The van der Waals surface area contributed by atoms with E-state index in [2.05, 4.69) is 4.98 Å². The molecule has 1 heterocycles. The van der Waals surface area contributed by atoms with Crippen molar-refractivity contribution < 1.29 is 4.92 Å². The third-order valence-corrected chi connectivity index (χ3v) is 2.94. The number of anilines is 1. The number of hydrogen-bond acceptors (Lipinski definition) is 5. The van der Waals surface area contributed by atoms with Crippen LogP contribution in [0.2, 0.25) is 5.02 Å². The molecular weight excluding hydrogens is 256 g/mol. The Balaban J connectivity index is 2.34. The zero-order valence-corrected chi connectivity index (χ0v) is 10.3. The fourth-order valence-electron chi connectivity index (χ4n) is 1.80. The number of hydrogen-bond donors (Lipinski definition) is 0. The Morgan fingerprint density at radius 3 is 2.94 bits per heavy atom. The molecule has 1 saturated carbocycles. The molecule has 1 fully saturated rings. The van der Waals surface area contributed by atoms with Crippen LogP contribution in [0.4, 0.5) is 11.5 Å². The van der Waals surface area contributed by atoms with Gasteiger partial charge in [0, 0.05) is 24.8 Å². The maximum absolute atomic E-state index is 11.0. The van der Waals surface area contributed by atoms with Gasteiger partial charge in [-0.1, -0.05) is 11.6 Å². The molecule has 0 bridgehead atoms. The van der Waals surface area contributed by atoms with Gasteiger partial charge in [0.1, 0.15) is 0 Å². The lowest BCUT2D eigenvalue weighted by Gasteiger charge is -2.21. The van der Waals surface area contributed by atoms with Gasteiger partial charge >= 0.3 is 5.69 Å². The summed E-state index contributed by atoms with van der Waals surface area (Å²) in [6.45, 7) is 0.455. The van der Waals surface area contributed by atoms with Crippen molar-refractivity contribution in [3.05, 3.63) is 27.4 Å². The molecule has 94 valence electrons. The fraction of sp³-hybridized carbons (Fsp3) is 0.455. The first kappa shape index (κ1) is 12.6. The number of rotatable bonds is 5. The maximum atomic E-state index is 11.0. The van der Waals surface area contributed by atoms with Crippen molar-refractivity contribution in [2.24, 2.45) is 0 Å². The van der Waals surface area contributed by atoms with Gasteiger partial charge < -0.3 is 4.90 Å². The number of aromatic nitrogens is 1. The van der Waals surface area contributed by atoms with Crippen molar-refractivity contribution in [3.8, 4) is 6.07 Å². The largest absolute Gasteiger partial charge is 0.347 e. The zero-order valence-electron chi connectivity index (χ0n) is 9.54. The summed E-state index contributed by atoms with van der Waals surface area (Å²) in [4.78, 5) is 16.4. The summed E-state index contributed by atoms with van der Waals surface area (Å²) in [6, 6.07) is 3.60. The van der Waals surface area contributed by atoms with E-state index in [4.69, 9.17) is 16.9 Å². The molecule has 0 unspecified atom stereocenters. The molecule has 1 aliphatic rings. The predicted octanol–water partition coefficient (Wildman–Crippen LogP) is 2.53. The monoisotopic (exact) mass is 266 g/mol. The maximum Gasteiger partial charge on any atom is 0.313 e. The lowest BCUT2D eigenvalue weighted by molar-refractivity contribution is -0.384. The second kappa shape index (κ2) is 5.19. The summed E-state index contributed by atoms with van der Waals surface area (Å²) in [5.74, 6) is 0.308. The molecule has 0 spiro atoms. The molecule has 0 atom stereocenters. The van der Waals surface area contributed by atoms with E-state index < -0.39 is 4.92 Å². The van der Waals surface area contributed by atoms with Crippen LogP contribution in [0.25, 0.3) is 0 Å². The molecule has 0 aromatic carbocycles. The number of nitriles is 1. The van der Waals surface area contributed by atoms with E-state index in [1.54, 1.807) is 0 Å². The molecule has 0 saturated heterocycles. The minimum atomic E-state index is -0.490. The lowest BCUT2D eigenvalue weighted by atomic mass is 10.3. The van der Waals surface area contributed by atoms with Gasteiger partial charge in [-0.3, -0.25) is 10.1 Å². The fourth-order valence-corrected chi connectivity index (χ4v) is 1.95. The Kier molecular flexibility index (Phi) is 3.63. The topological polar surface area (TPSA) is 83.1 Å². The molecular formula is C11H11ClN4O2. The molecule has 2 rings (SSSR count). The van der Waals surface area contributed by atoms with Gasteiger partial charge in [-0.25, -0.2) is 4.98 Å². The molecule has 1 aromatic heterocycles. The standard InChI is InChI=1S/C11H11ClN4O2/c12-8-6-10(16(17)18)11(14-7-8)15(5-1-4-13)9-2-3-9/h6-7,9H,1-3,5H2. The molecule has 0 amide bonds. The zero-order chi connectivity index (χ0) is 13.1. The van der Waals surface area contributed by atoms with Gasteiger partial charge in [0.05, 0.1) is 22.4 Å². The van der Waals surface area contributed by atoms with Crippen LogP contribution in [0.1, 0.15) is 19.3 Å². The third-order valence-electron chi connectivity index (χ3n) is 2.73. The van der Waals surface area contributed by atoms with Crippen molar-refractivity contribution in [3.63, 3.8) is 0 Å². The van der Waals surface area contributed by atoms with Gasteiger partial charge in [-0.05, 0) is 12.8 Å². The van der Waals surface area contributed by atoms with Crippen LogP contribution in [-0.2, 0) is 0 Å². The van der Waals surface area contributed by atoms with Gasteiger partial charge in [-0.2, -0.15) is 5.26 Å². The molecule has 6 nitrogen and oxygen atoms in total. The normalized spacial score (nSPS) is 14.0. The predicted molar refractivity (Wildman–Crippen MR) is 66.5 cm³/mol. The second-order valence-corrected chi connectivity index (χ2v) is 4.52. The summed E-state index contributed by atoms with van der Waals surface area (Å²) < 4.78 is 0. The van der Waals surface area contributed by atoms with E-state index in [1.165, 1.54) is 12.3 Å². The van der Waals surface area contributed by atoms with Crippen LogP contribution in [-0.4, -0.2) is 22.5 Å². The van der Waals surface area contributed by atoms with Gasteiger partial charge in [0.2, 0.25) is 5.82 Å². The Morgan fingerprint density at radius 2 is 2.39 bits per heavy atom. The highest BCUT2D eigenvalue weighted by atomic mass is 35.5. The molecule has 1 aliphatic carbocycles. The molecule has 7 heteroatoms. The Bertz CT molecular complexity index is 510. The van der Waals surface area contributed by atoms with E-state index in [1.807, 2.05) is 11.0 Å². The van der Waals surface area contributed by atoms with Crippen molar-refractivity contribution in [1.82, 2.24) is 4.98 Å². The van der Waals surface area contributed by atoms with Crippen LogP contribution < -0.4 is 4.90 Å². The summed E-state index contributed by atoms with van der Waals surface area (Å²) in [5, 5.41) is 19.9. The second-order valence-electron chi connectivity index (χ2n) is 4.09. The molecule has 0 N–H and O–H groups in total. The van der Waals surface area contributed by atoms with E-state index in [-0.39, 0.29) is 16.8 Å². The summed E-state index contributed by atoms with van der Waals surface area (Å²) in [7, 11) is 0. The van der Waals surface area contributed by atoms with Crippen molar-refractivity contribution in [1.29, 1.82) is 5.26 Å². The highest BCUT2D eigenvalue weighted by Gasteiger charge is 2.33. The molecule has 1 aromatic rings. The minimum absolute atomic E-state index is 0.104. The first-order chi connectivity index (χ1) is 8.63. The van der Waals surface area contributed by atoms with Crippen molar-refractivity contribution >= 4 is 23.1 Å². The van der Waals surface area contributed by atoms with Crippen LogP contribution >= 0.6 is 11.6 Å². The average Bonchev–Trinajstić information content (AvgIpc) is 3.15. The molecule has 18 heavy (non-hydrogen) atoms. The smallest absolute Gasteiger partial charge is 0.313 e.